The first kappa shape index (κ1) is 14.7. The van der Waals surface area contributed by atoms with Crippen molar-refractivity contribution >= 4 is 17.6 Å². The van der Waals surface area contributed by atoms with E-state index in [2.05, 4.69) is 31.2 Å². The first-order valence-corrected chi connectivity index (χ1v) is 7.48. The smallest absolute Gasteiger partial charge is 0.387 e. The number of anilines is 1. The summed E-state index contributed by atoms with van der Waals surface area (Å²) in [5, 5.41) is 0.717. The van der Waals surface area contributed by atoms with E-state index in [0.29, 0.717) is 0 Å². The molecule has 0 saturated heterocycles. The average Bonchev–Trinajstić information content (AvgIpc) is 2.94. The number of aromatic nitrogens is 1. The Bertz CT molecular complexity index is 774. The molecule has 3 aromatic rings. The van der Waals surface area contributed by atoms with E-state index in [1.165, 1.54) is 5.56 Å². The van der Waals surface area contributed by atoms with Crippen LogP contribution >= 0.6 is 11.6 Å². The predicted octanol–water partition coefficient (Wildman–Crippen LogP) is 4.25. The molecule has 0 radical (unpaired) electrons. The van der Waals surface area contributed by atoms with Gasteiger partial charge in [-0.05, 0) is 43.3 Å². The second-order valence-electron chi connectivity index (χ2n) is 5.48. The molecule has 0 aliphatic rings. The highest BCUT2D eigenvalue weighted by Crippen LogP contribution is 2.25. The van der Waals surface area contributed by atoms with Crippen molar-refractivity contribution in [2.45, 2.75) is 6.92 Å². The molecule has 0 aliphatic carbocycles. The lowest BCUT2D eigenvalue weighted by Crippen LogP contribution is -2.34. The Labute approximate surface area is 135 Å². The number of benzene rings is 2. The van der Waals surface area contributed by atoms with Crippen molar-refractivity contribution in [2.24, 2.45) is 0 Å². The van der Waals surface area contributed by atoms with Crippen molar-refractivity contribution in [3.63, 3.8) is 0 Å². The molecular formula is C18H18ClN2O+. The molecule has 1 heterocycles. The monoisotopic (exact) mass is 313 g/mol. The number of rotatable bonds is 3. The van der Waals surface area contributed by atoms with Gasteiger partial charge in [0.1, 0.15) is 11.9 Å². The van der Waals surface area contributed by atoms with E-state index in [1.807, 2.05) is 54.0 Å². The van der Waals surface area contributed by atoms with E-state index < -0.39 is 0 Å². The fraction of sp³-hybridized carbons (Fsp3) is 0.167. The number of nitrogens with zero attached hydrogens (tertiary/aromatic N) is 2. The lowest BCUT2D eigenvalue weighted by Gasteiger charge is -2.03. The van der Waals surface area contributed by atoms with Crippen LogP contribution < -0.4 is 9.47 Å². The number of oxazole rings is 1. The maximum Gasteiger partial charge on any atom is 0.461 e. The normalized spacial score (nSPS) is 10.7. The molecule has 3 rings (SSSR count). The van der Waals surface area contributed by atoms with E-state index in [1.54, 1.807) is 0 Å². The Morgan fingerprint density at radius 2 is 1.59 bits per heavy atom. The molecule has 4 heteroatoms. The van der Waals surface area contributed by atoms with Gasteiger partial charge in [-0.3, -0.25) is 0 Å². The Morgan fingerprint density at radius 3 is 2.18 bits per heavy atom. The zero-order valence-electron chi connectivity index (χ0n) is 12.9. The molecule has 0 spiro atoms. The topological polar surface area (TPSA) is 20.3 Å². The summed E-state index contributed by atoms with van der Waals surface area (Å²) >= 11 is 5.95. The number of hydrogen-bond acceptors (Lipinski definition) is 2. The third kappa shape index (κ3) is 2.85. The molecule has 0 fully saturated rings. The Balaban J connectivity index is 2.09. The van der Waals surface area contributed by atoms with Gasteiger partial charge in [0.05, 0.1) is 14.1 Å². The van der Waals surface area contributed by atoms with Crippen LogP contribution in [-0.2, 0) is 0 Å². The summed E-state index contributed by atoms with van der Waals surface area (Å²) in [6.07, 6.45) is 2.00. The summed E-state index contributed by atoms with van der Waals surface area (Å²) in [6.45, 7) is 2.08. The zero-order chi connectivity index (χ0) is 15.7. The van der Waals surface area contributed by atoms with E-state index >= 15 is 0 Å². The highest BCUT2D eigenvalue weighted by Gasteiger charge is 2.22. The minimum Gasteiger partial charge on any atom is -0.387 e. The van der Waals surface area contributed by atoms with Crippen LogP contribution in [0, 0.1) is 6.92 Å². The minimum absolute atomic E-state index is 0.717. The van der Waals surface area contributed by atoms with Gasteiger partial charge < -0.3 is 4.42 Å². The largest absolute Gasteiger partial charge is 0.461 e. The van der Waals surface area contributed by atoms with Gasteiger partial charge >= 0.3 is 6.01 Å². The molecule has 3 nitrogen and oxygen atoms in total. The van der Waals surface area contributed by atoms with Crippen LogP contribution in [0.5, 0.6) is 0 Å². The quantitative estimate of drug-likeness (QED) is 0.674. The van der Waals surface area contributed by atoms with Crippen LogP contribution in [0.2, 0.25) is 5.02 Å². The van der Waals surface area contributed by atoms with Gasteiger partial charge in [-0.1, -0.05) is 29.3 Å². The maximum atomic E-state index is 6.03. The molecule has 2 aromatic carbocycles. The van der Waals surface area contributed by atoms with Crippen LogP contribution in [0.15, 0.2) is 59.1 Å². The molecule has 0 unspecified atom stereocenters. The summed E-state index contributed by atoms with van der Waals surface area (Å²) in [5.74, 6) is 0.806. The molecule has 0 bridgehead atoms. The van der Waals surface area contributed by atoms with Crippen LogP contribution in [0.3, 0.4) is 0 Å². The molecule has 112 valence electrons. The van der Waals surface area contributed by atoms with Crippen LogP contribution in [0.4, 0.5) is 6.01 Å². The summed E-state index contributed by atoms with van der Waals surface area (Å²) in [5.41, 5.74) is 3.30. The van der Waals surface area contributed by atoms with E-state index in [9.17, 15) is 0 Å². The van der Waals surface area contributed by atoms with Gasteiger partial charge in [0.2, 0.25) is 0 Å². The molecule has 1 aromatic heterocycles. The Hall–Kier alpha value is -2.26. The average molecular weight is 314 g/mol. The minimum atomic E-state index is 0.717. The van der Waals surface area contributed by atoms with Gasteiger partial charge in [0, 0.05) is 10.6 Å². The third-order valence-corrected chi connectivity index (χ3v) is 3.73. The molecule has 22 heavy (non-hydrogen) atoms. The SMILES string of the molecule is Cc1ccc(-[n+]2cc(-c3ccc(Cl)cc3)oc2N(C)C)cc1. The van der Waals surface area contributed by atoms with Crippen molar-refractivity contribution < 1.29 is 8.98 Å². The lowest BCUT2D eigenvalue weighted by molar-refractivity contribution is -0.584. The fourth-order valence-corrected chi connectivity index (χ4v) is 2.42. The molecule has 0 atom stereocenters. The predicted molar refractivity (Wildman–Crippen MR) is 89.8 cm³/mol. The van der Waals surface area contributed by atoms with Crippen molar-refractivity contribution in [1.29, 1.82) is 0 Å². The van der Waals surface area contributed by atoms with E-state index in [-0.39, 0.29) is 0 Å². The highest BCUT2D eigenvalue weighted by atomic mass is 35.5. The number of aryl methyl sites for hydroxylation is 1. The summed E-state index contributed by atoms with van der Waals surface area (Å²) in [7, 11) is 3.93. The number of halogens is 1. The molecule has 0 aliphatic heterocycles. The molecule has 0 N–H and O–H groups in total. The maximum absolute atomic E-state index is 6.03. The van der Waals surface area contributed by atoms with Crippen molar-refractivity contribution in [3.8, 4) is 17.0 Å². The van der Waals surface area contributed by atoms with Crippen LogP contribution in [0.1, 0.15) is 5.56 Å². The van der Waals surface area contributed by atoms with Crippen LogP contribution in [-0.4, -0.2) is 14.1 Å². The second kappa shape index (κ2) is 5.85. The van der Waals surface area contributed by atoms with Gasteiger partial charge in [0.25, 0.3) is 0 Å². The van der Waals surface area contributed by atoms with Gasteiger partial charge in [-0.2, -0.15) is 4.57 Å². The standard InChI is InChI=1S/C18H18ClN2O/c1-13-4-10-16(11-5-13)21-12-17(22-18(21)20(2)3)14-6-8-15(19)9-7-14/h4-12H,1-3H3/q+1. The van der Waals surface area contributed by atoms with Gasteiger partial charge in [-0.15, -0.1) is 0 Å². The zero-order valence-corrected chi connectivity index (χ0v) is 13.6. The van der Waals surface area contributed by atoms with E-state index in [0.717, 1.165) is 28.0 Å². The van der Waals surface area contributed by atoms with Gasteiger partial charge in [0.15, 0.2) is 5.76 Å². The van der Waals surface area contributed by atoms with Crippen molar-refractivity contribution in [2.75, 3.05) is 19.0 Å². The van der Waals surface area contributed by atoms with Crippen LogP contribution in [0.25, 0.3) is 17.0 Å². The fourth-order valence-electron chi connectivity index (χ4n) is 2.29. The molecular weight excluding hydrogens is 296 g/mol. The molecule has 0 amide bonds. The summed E-state index contributed by atoms with van der Waals surface area (Å²) in [4.78, 5) is 1.96. The summed E-state index contributed by atoms with van der Waals surface area (Å²) in [6, 6.07) is 16.8. The van der Waals surface area contributed by atoms with Gasteiger partial charge in [-0.25, -0.2) is 4.90 Å². The van der Waals surface area contributed by atoms with Crippen molar-refractivity contribution in [3.05, 3.63) is 65.3 Å². The second-order valence-corrected chi connectivity index (χ2v) is 5.92. The Kier molecular flexibility index (Phi) is 3.90. The third-order valence-electron chi connectivity index (χ3n) is 3.48. The van der Waals surface area contributed by atoms with Crippen molar-refractivity contribution in [1.82, 2.24) is 0 Å². The summed E-state index contributed by atoms with van der Waals surface area (Å²) < 4.78 is 8.08. The van der Waals surface area contributed by atoms with E-state index in [4.69, 9.17) is 16.0 Å². The first-order chi connectivity index (χ1) is 10.5. The highest BCUT2D eigenvalue weighted by molar-refractivity contribution is 6.30. The lowest BCUT2D eigenvalue weighted by atomic mass is 10.2. The molecule has 0 saturated carbocycles. The Morgan fingerprint density at radius 1 is 0.955 bits per heavy atom. The number of hydrogen-bond donors (Lipinski definition) is 0. The first-order valence-electron chi connectivity index (χ1n) is 7.10.